The van der Waals surface area contributed by atoms with E-state index in [4.69, 9.17) is 35.4 Å². The molecule has 4 aromatic rings. The highest BCUT2D eigenvalue weighted by Gasteiger charge is 2.44. The van der Waals surface area contributed by atoms with E-state index in [1.807, 2.05) is 108 Å². The fraction of sp³-hybridized carbons (Fsp3) is 0.206. The average Bonchev–Trinajstić information content (AvgIpc) is 3.02. The van der Waals surface area contributed by atoms with E-state index >= 15 is 0 Å². The number of amides is 1. The lowest BCUT2D eigenvalue weighted by Gasteiger charge is -2.46. The van der Waals surface area contributed by atoms with Crippen LogP contribution >= 0.6 is 35.4 Å². The number of aliphatic imine (C=N–C) groups is 1. The van der Waals surface area contributed by atoms with Gasteiger partial charge in [0.05, 0.1) is 22.3 Å². The summed E-state index contributed by atoms with van der Waals surface area (Å²) in [6, 6.07) is 30.9. The number of carbonyl (C=O) groups is 1. The number of hydrogen-bond acceptors (Lipinski definition) is 4. The van der Waals surface area contributed by atoms with Gasteiger partial charge < -0.3 is 10.6 Å². The highest BCUT2D eigenvalue weighted by atomic mass is 35.5. The first-order valence-corrected chi connectivity index (χ1v) is 15.5. The first kappa shape index (κ1) is 29.3. The number of para-hydroxylation sites is 1. The molecular weight excluding hydrogens is 597 g/mol. The van der Waals surface area contributed by atoms with Crippen molar-refractivity contribution in [1.29, 1.82) is 0 Å². The molecule has 0 bridgehead atoms. The van der Waals surface area contributed by atoms with Crippen LogP contribution in [-0.2, 0) is 4.79 Å². The predicted molar refractivity (Wildman–Crippen MR) is 182 cm³/mol. The Morgan fingerprint density at radius 1 is 0.884 bits per heavy atom. The molecule has 0 radical (unpaired) electrons. The summed E-state index contributed by atoms with van der Waals surface area (Å²) in [6.07, 6.45) is 5.46. The summed E-state index contributed by atoms with van der Waals surface area (Å²) in [7, 11) is 0. The van der Waals surface area contributed by atoms with Crippen LogP contribution in [0.25, 0.3) is 0 Å². The molecule has 2 fully saturated rings. The Hall–Kier alpha value is -3.75. The van der Waals surface area contributed by atoms with E-state index in [2.05, 4.69) is 20.9 Å². The molecule has 218 valence electrons. The molecular formula is C34H31Cl2N5OS. The van der Waals surface area contributed by atoms with Crippen molar-refractivity contribution in [2.75, 3.05) is 15.5 Å². The zero-order chi connectivity index (χ0) is 29.8. The first-order chi connectivity index (χ1) is 20.9. The van der Waals surface area contributed by atoms with Gasteiger partial charge in [-0.3, -0.25) is 20.0 Å². The van der Waals surface area contributed by atoms with Crippen LogP contribution in [0.4, 0.5) is 22.7 Å². The van der Waals surface area contributed by atoms with Gasteiger partial charge in [-0.15, -0.1) is 0 Å². The second-order valence-corrected chi connectivity index (χ2v) is 12.0. The molecule has 1 heterocycles. The molecule has 1 saturated heterocycles. The van der Waals surface area contributed by atoms with Crippen LogP contribution in [0, 0.1) is 5.92 Å². The van der Waals surface area contributed by atoms with E-state index in [-0.39, 0.29) is 24.0 Å². The topological polar surface area (TPSA) is 68.8 Å². The number of carbonyl (C=O) groups excluding carboxylic acids is 1. The third-order valence-corrected chi connectivity index (χ3v) is 8.65. The molecule has 1 aliphatic heterocycles. The molecule has 9 heteroatoms. The molecule has 0 aromatic heterocycles. The van der Waals surface area contributed by atoms with Gasteiger partial charge in [0.15, 0.2) is 5.11 Å². The Morgan fingerprint density at radius 3 is 2.35 bits per heavy atom. The SMILES string of the molecule is O=C1C2CCCCC2NC(c2ccc(N=Cc3ccc(Cl)cc3)cc2)N1c1ccc(NC(=S)Nc2ccccc2)cc1Cl. The molecule has 43 heavy (non-hydrogen) atoms. The standard InChI is InChI=1S/C34H31Cl2N5OS/c35-24-14-10-22(11-15-24)21-37-25-16-12-23(13-17-25)32-40-30-9-5-4-8-28(30)33(42)41(32)31-19-18-27(20-29(31)36)39-34(43)38-26-6-2-1-3-7-26/h1-3,6-7,10-21,28,30,32,40H,4-5,8-9H2,(H2,38,39,43). The lowest BCUT2D eigenvalue weighted by molar-refractivity contribution is -0.127. The highest BCUT2D eigenvalue weighted by Crippen LogP contribution is 2.41. The second kappa shape index (κ2) is 13.3. The molecule has 2 aliphatic rings. The molecule has 1 aliphatic carbocycles. The maximum atomic E-state index is 14.1. The number of benzene rings is 4. The zero-order valence-corrected chi connectivity index (χ0v) is 25.7. The van der Waals surface area contributed by atoms with Crippen LogP contribution in [0.3, 0.4) is 0 Å². The van der Waals surface area contributed by atoms with Crippen LogP contribution in [0.1, 0.15) is 43.0 Å². The highest BCUT2D eigenvalue weighted by molar-refractivity contribution is 7.80. The van der Waals surface area contributed by atoms with Crippen LogP contribution < -0.4 is 20.9 Å². The van der Waals surface area contributed by atoms with Crippen molar-refractivity contribution >= 4 is 75.4 Å². The molecule has 1 saturated carbocycles. The molecule has 0 spiro atoms. The van der Waals surface area contributed by atoms with Gasteiger partial charge >= 0.3 is 0 Å². The van der Waals surface area contributed by atoms with E-state index in [1.165, 1.54) is 0 Å². The maximum Gasteiger partial charge on any atom is 0.233 e. The van der Waals surface area contributed by atoms with Crippen molar-refractivity contribution in [2.24, 2.45) is 10.9 Å². The summed E-state index contributed by atoms with van der Waals surface area (Å²) < 4.78 is 0. The van der Waals surface area contributed by atoms with Crippen LogP contribution in [0.2, 0.25) is 10.0 Å². The summed E-state index contributed by atoms with van der Waals surface area (Å²) >= 11 is 18.4. The molecule has 3 unspecified atom stereocenters. The third kappa shape index (κ3) is 6.92. The molecule has 1 amide bonds. The largest absolute Gasteiger partial charge is 0.332 e. The monoisotopic (exact) mass is 627 g/mol. The Morgan fingerprint density at radius 2 is 1.60 bits per heavy atom. The normalized spacial score (nSPS) is 20.1. The summed E-state index contributed by atoms with van der Waals surface area (Å²) in [5, 5.41) is 11.7. The minimum absolute atomic E-state index is 0.0789. The summed E-state index contributed by atoms with van der Waals surface area (Å²) in [5.41, 5.74) is 5.02. The van der Waals surface area contributed by atoms with E-state index in [1.54, 1.807) is 0 Å². The molecule has 3 atom stereocenters. The number of halogens is 2. The number of nitrogens with zero attached hydrogens (tertiary/aromatic N) is 2. The van der Waals surface area contributed by atoms with Gasteiger partial charge in [0, 0.05) is 28.7 Å². The first-order valence-electron chi connectivity index (χ1n) is 14.4. The van der Waals surface area contributed by atoms with Crippen LogP contribution in [-0.4, -0.2) is 23.3 Å². The van der Waals surface area contributed by atoms with Crippen molar-refractivity contribution in [3.8, 4) is 0 Å². The van der Waals surface area contributed by atoms with Gasteiger partial charge in [-0.25, -0.2) is 0 Å². The number of rotatable bonds is 6. The van der Waals surface area contributed by atoms with Gasteiger partial charge in [-0.2, -0.15) is 0 Å². The van der Waals surface area contributed by atoms with E-state index in [0.717, 1.165) is 53.9 Å². The Bertz CT molecular complexity index is 1630. The molecule has 6 nitrogen and oxygen atoms in total. The second-order valence-electron chi connectivity index (χ2n) is 10.8. The fourth-order valence-electron chi connectivity index (χ4n) is 5.75. The van der Waals surface area contributed by atoms with Crippen LogP contribution in [0.15, 0.2) is 102 Å². The maximum absolute atomic E-state index is 14.1. The molecule has 6 rings (SSSR count). The number of anilines is 3. The van der Waals surface area contributed by atoms with E-state index in [9.17, 15) is 4.79 Å². The van der Waals surface area contributed by atoms with Gasteiger partial charge in [-0.05, 0) is 90.8 Å². The predicted octanol–water partition coefficient (Wildman–Crippen LogP) is 8.75. The fourth-order valence-corrected chi connectivity index (χ4v) is 6.38. The third-order valence-electron chi connectivity index (χ3n) is 7.89. The van der Waals surface area contributed by atoms with Crippen molar-refractivity contribution in [3.05, 3.63) is 118 Å². The summed E-state index contributed by atoms with van der Waals surface area (Å²) in [4.78, 5) is 20.5. The van der Waals surface area contributed by atoms with Gasteiger partial charge in [0.1, 0.15) is 6.17 Å². The van der Waals surface area contributed by atoms with Crippen molar-refractivity contribution in [2.45, 2.75) is 37.9 Å². The minimum atomic E-state index is -0.363. The van der Waals surface area contributed by atoms with Crippen molar-refractivity contribution in [3.63, 3.8) is 0 Å². The van der Waals surface area contributed by atoms with E-state index < -0.39 is 0 Å². The summed E-state index contributed by atoms with van der Waals surface area (Å²) in [6.45, 7) is 0. The minimum Gasteiger partial charge on any atom is -0.332 e. The Balaban J connectivity index is 1.24. The van der Waals surface area contributed by atoms with Crippen molar-refractivity contribution < 1.29 is 4.79 Å². The number of hydrogen-bond donors (Lipinski definition) is 3. The quantitative estimate of drug-likeness (QED) is 0.147. The van der Waals surface area contributed by atoms with E-state index in [0.29, 0.717) is 20.8 Å². The van der Waals surface area contributed by atoms with Gasteiger partial charge in [0.2, 0.25) is 5.91 Å². The lowest BCUT2D eigenvalue weighted by Crippen LogP contribution is -2.59. The zero-order valence-electron chi connectivity index (χ0n) is 23.3. The van der Waals surface area contributed by atoms with Crippen molar-refractivity contribution in [1.82, 2.24) is 5.32 Å². The molecule has 3 N–H and O–H groups in total. The number of fused-ring (bicyclic) bond motifs is 1. The Labute approximate surface area is 267 Å². The Kier molecular flexibility index (Phi) is 9.05. The number of nitrogens with one attached hydrogen (secondary N) is 3. The molecule has 4 aromatic carbocycles. The van der Waals surface area contributed by atoms with Gasteiger partial charge in [0.25, 0.3) is 0 Å². The number of thiocarbonyl (C=S) groups is 1. The van der Waals surface area contributed by atoms with Crippen LogP contribution in [0.5, 0.6) is 0 Å². The summed E-state index contributed by atoms with van der Waals surface area (Å²) in [5.74, 6) is 0.0203. The van der Waals surface area contributed by atoms with Gasteiger partial charge in [-0.1, -0.05) is 78.5 Å². The smallest absolute Gasteiger partial charge is 0.233 e. The average molecular weight is 629 g/mol. The lowest BCUT2D eigenvalue weighted by atomic mass is 9.81.